The van der Waals surface area contributed by atoms with Crippen molar-refractivity contribution in [3.63, 3.8) is 0 Å². The van der Waals surface area contributed by atoms with E-state index in [4.69, 9.17) is 0 Å². The Bertz CT molecular complexity index is 4940. The Morgan fingerprint density at radius 1 is 0.122 bits per heavy atom. The Morgan fingerprint density at radius 3 is 0.643 bits per heavy atom. The first-order valence-electron chi connectivity index (χ1n) is 35.5. The van der Waals surface area contributed by atoms with Gasteiger partial charge < -0.3 is 0 Å². The van der Waals surface area contributed by atoms with Gasteiger partial charge in [0.1, 0.15) is 0 Å². The fourth-order valence-corrected chi connectivity index (χ4v) is 14.0. The Morgan fingerprint density at radius 2 is 0.337 bits per heavy atom. The van der Waals surface area contributed by atoms with Crippen molar-refractivity contribution < 1.29 is 0 Å². The molecule has 0 unspecified atom stereocenters. The number of rotatable bonds is 0. The number of benzene rings is 14. The normalized spacial score (nSPS) is 10.9. The van der Waals surface area contributed by atoms with E-state index >= 15 is 0 Å². The maximum atomic E-state index is 2.30. The molecule has 0 bridgehead atoms. The van der Waals surface area contributed by atoms with Crippen LogP contribution in [0.3, 0.4) is 0 Å². The molecule has 0 aliphatic rings. The van der Waals surface area contributed by atoms with Crippen LogP contribution < -0.4 is 0 Å². The van der Waals surface area contributed by atoms with E-state index < -0.39 is 0 Å². The van der Waals surface area contributed by atoms with E-state index in [0.717, 1.165) is 0 Å². The van der Waals surface area contributed by atoms with E-state index in [1.54, 1.807) is 0 Å². The minimum atomic E-state index is 1.35. The molecular weight excluding hydrogens is 1180 g/mol. The highest BCUT2D eigenvalue weighted by atomic mass is 14.1. The summed E-state index contributed by atoms with van der Waals surface area (Å²) in [5, 5.41) is 19.4. The molecule has 0 fully saturated rings. The van der Waals surface area contributed by atoms with Gasteiger partial charge in [-0.05, 0) is 403 Å². The van der Waals surface area contributed by atoms with Gasteiger partial charge in [0.2, 0.25) is 0 Å². The molecule has 14 aromatic rings. The van der Waals surface area contributed by atoms with Gasteiger partial charge in [0.15, 0.2) is 0 Å². The zero-order chi connectivity index (χ0) is 72.0. The summed E-state index contributed by atoms with van der Waals surface area (Å²) in [4.78, 5) is 0. The SMILES string of the molecule is Cc1cc(C)c2c(C)c(C)ccc2c1.Cc1cc(C)c2c(C)c(C)ccc2c1.Cc1cc(C)c2cc(C)c(C)cc2c1.Cc1cc(C)c2cc(C)c(C)cc2c1.Cc1cc2ccc(C)c(C)c2cc1C.Cc1cc2ccc(C)c(C)c2cc1C.Cc1ccc2c(C)c(C)ccc2c1C. The first-order valence-corrected chi connectivity index (χ1v) is 35.5. The molecule has 0 spiro atoms. The maximum absolute atomic E-state index is 2.30. The Labute approximate surface area is 591 Å². The minimum Gasteiger partial charge on any atom is -0.0584 e. The third-order valence-electron chi connectivity index (χ3n) is 21.4. The molecule has 0 aromatic heterocycles. The number of hydrogen-bond acceptors (Lipinski definition) is 0. The Kier molecular flexibility index (Phi) is 24.1. The maximum Gasteiger partial charge on any atom is -0.0123 e. The van der Waals surface area contributed by atoms with Crippen LogP contribution >= 0.6 is 0 Å². The van der Waals surface area contributed by atoms with Gasteiger partial charge in [0.05, 0.1) is 0 Å². The molecule has 0 N–H and O–H groups in total. The van der Waals surface area contributed by atoms with Crippen molar-refractivity contribution in [1.82, 2.24) is 0 Å². The molecule has 0 aliphatic heterocycles. The Hall–Kier alpha value is -9.10. The molecule has 0 heteroatoms. The lowest BCUT2D eigenvalue weighted by atomic mass is 9.95. The summed E-state index contributed by atoms with van der Waals surface area (Å²) >= 11 is 0. The van der Waals surface area contributed by atoms with Crippen LogP contribution in [-0.4, -0.2) is 0 Å². The summed E-state index contributed by atoms with van der Waals surface area (Å²) in [5.41, 5.74) is 38.7. The van der Waals surface area contributed by atoms with Gasteiger partial charge in [-0.1, -0.05) is 192 Å². The van der Waals surface area contributed by atoms with Crippen LogP contribution in [0.5, 0.6) is 0 Å². The molecule has 14 rings (SSSR count). The highest BCUT2D eigenvalue weighted by molar-refractivity contribution is 5.94. The topological polar surface area (TPSA) is 0 Å². The molecule has 0 saturated heterocycles. The molecule has 0 nitrogen and oxygen atoms in total. The fraction of sp³-hybridized carbons (Fsp3) is 0.286. The lowest BCUT2D eigenvalue weighted by Crippen LogP contribution is -1.88. The monoisotopic (exact) mass is 1290 g/mol. The van der Waals surface area contributed by atoms with Crippen LogP contribution in [0.1, 0.15) is 156 Å². The van der Waals surface area contributed by atoms with Crippen molar-refractivity contribution >= 4 is 75.4 Å². The van der Waals surface area contributed by atoms with Crippen LogP contribution in [0, 0.1) is 194 Å². The number of fused-ring (bicyclic) bond motifs is 7. The predicted octanol–water partition coefficient (Wildman–Crippen LogP) is 28.5. The summed E-state index contributed by atoms with van der Waals surface area (Å²) < 4.78 is 0. The van der Waals surface area contributed by atoms with Crippen molar-refractivity contribution in [1.29, 1.82) is 0 Å². The van der Waals surface area contributed by atoms with Gasteiger partial charge in [-0.3, -0.25) is 0 Å². The van der Waals surface area contributed by atoms with Crippen molar-refractivity contribution in [2.75, 3.05) is 0 Å². The first-order chi connectivity index (χ1) is 46.1. The van der Waals surface area contributed by atoms with Gasteiger partial charge in [0.25, 0.3) is 0 Å². The van der Waals surface area contributed by atoms with E-state index in [9.17, 15) is 0 Å². The van der Waals surface area contributed by atoms with Crippen molar-refractivity contribution in [2.45, 2.75) is 194 Å². The van der Waals surface area contributed by atoms with Crippen molar-refractivity contribution in [3.05, 3.63) is 326 Å². The van der Waals surface area contributed by atoms with Gasteiger partial charge in [-0.15, -0.1) is 0 Å². The molecule has 0 saturated carbocycles. The Balaban J connectivity index is 0.000000146. The third kappa shape index (κ3) is 17.2. The number of hydrogen-bond donors (Lipinski definition) is 0. The summed E-state index contributed by atoms with van der Waals surface area (Å²) in [6.45, 7) is 61.0. The lowest BCUT2D eigenvalue weighted by Gasteiger charge is -2.09. The highest BCUT2D eigenvalue weighted by Crippen LogP contribution is 2.32. The number of aryl methyl sites for hydroxylation is 28. The van der Waals surface area contributed by atoms with Gasteiger partial charge in [0, 0.05) is 0 Å². The van der Waals surface area contributed by atoms with Crippen LogP contribution in [-0.2, 0) is 0 Å². The van der Waals surface area contributed by atoms with Gasteiger partial charge in [-0.2, -0.15) is 0 Å². The molecule has 0 amide bonds. The molecule has 0 aliphatic carbocycles. The second kappa shape index (κ2) is 31.6. The molecule has 0 atom stereocenters. The molecule has 0 heterocycles. The molecule has 98 heavy (non-hydrogen) atoms. The van der Waals surface area contributed by atoms with Crippen molar-refractivity contribution in [3.8, 4) is 0 Å². The van der Waals surface area contributed by atoms with E-state index in [0.29, 0.717) is 0 Å². The molecule has 14 aromatic carbocycles. The van der Waals surface area contributed by atoms with Gasteiger partial charge in [-0.25, -0.2) is 0 Å². The summed E-state index contributed by atoms with van der Waals surface area (Å²) in [6.07, 6.45) is 0. The highest BCUT2D eigenvalue weighted by Gasteiger charge is 2.10. The van der Waals surface area contributed by atoms with E-state index in [-0.39, 0.29) is 0 Å². The largest absolute Gasteiger partial charge is 0.0584 e. The third-order valence-corrected chi connectivity index (χ3v) is 21.4. The fourth-order valence-electron chi connectivity index (χ4n) is 14.0. The zero-order valence-corrected chi connectivity index (χ0v) is 65.2. The molecule has 0 radical (unpaired) electrons. The summed E-state index contributed by atoms with van der Waals surface area (Å²) in [5.74, 6) is 0. The zero-order valence-electron chi connectivity index (χ0n) is 65.2. The minimum absolute atomic E-state index is 1.35. The summed E-state index contributed by atoms with van der Waals surface area (Å²) in [7, 11) is 0. The molecule has 504 valence electrons. The predicted molar refractivity (Wildman–Crippen MR) is 440 cm³/mol. The average Bonchev–Trinajstić information content (AvgIpc) is 0.945. The quantitative estimate of drug-likeness (QED) is 0.142. The van der Waals surface area contributed by atoms with E-state index in [1.165, 1.54) is 231 Å². The van der Waals surface area contributed by atoms with Crippen LogP contribution in [0.25, 0.3) is 75.4 Å². The van der Waals surface area contributed by atoms with E-state index in [1.807, 2.05) is 0 Å². The lowest BCUT2D eigenvalue weighted by molar-refractivity contribution is 1.33. The van der Waals surface area contributed by atoms with Crippen LogP contribution in [0.15, 0.2) is 170 Å². The van der Waals surface area contributed by atoms with Gasteiger partial charge >= 0.3 is 0 Å². The average molecular weight is 1290 g/mol. The second-order valence-corrected chi connectivity index (χ2v) is 29.3. The standard InChI is InChI=1S/7C14H16/c2*1-9-5-12(4)14-8-11(3)10(2)7-13(14)6-9;1-9-5-7-14-12(4)10(2)6-8-13(14)11(9)3;2*1-9-7-11(3)14-12(4)10(2)5-6-13(14)8-9;2*1-9-5-6-13-7-10(2)11(3)8-14(13)12(9)4/h7*5-8H,1-4H3. The second-order valence-electron chi connectivity index (χ2n) is 29.3. The summed E-state index contributed by atoms with van der Waals surface area (Å²) in [6, 6.07) is 62.9. The van der Waals surface area contributed by atoms with Crippen molar-refractivity contribution in [2.24, 2.45) is 0 Å². The van der Waals surface area contributed by atoms with E-state index in [2.05, 4.69) is 364 Å². The first kappa shape index (κ1) is 74.7. The van der Waals surface area contributed by atoms with Crippen LogP contribution in [0.4, 0.5) is 0 Å². The smallest absolute Gasteiger partial charge is 0.0123 e. The van der Waals surface area contributed by atoms with Crippen LogP contribution in [0.2, 0.25) is 0 Å². The molecular formula is C98H112.